The summed E-state index contributed by atoms with van der Waals surface area (Å²) in [7, 11) is 0. The predicted molar refractivity (Wildman–Crippen MR) is 93.5 cm³/mol. The highest BCUT2D eigenvalue weighted by molar-refractivity contribution is 5.67. The van der Waals surface area contributed by atoms with Crippen molar-refractivity contribution in [2.24, 2.45) is 0 Å². The molecule has 0 radical (unpaired) electrons. The van der Waals surface area contributed by atoms with E-state index in [-0.39, 0.29) is 6.09 Å². The molecule has 2 N–H and O–H groups in total. The Morgan fingerprint density at radius 3 is 2.61 bits per heavy atom. The van der Waals surface area contributed by atoms with Crippen molar-refractivity contribution in [1.82, 2.24) is 15.6 Å². The Bertz CT molecular complexity index is 481. The summed E-state index contributed by atoms with van der Waals surface area (Å²) in [6.45, 7) is 12.3. The number of aromatic nitrogens is 1. The summed E-state index contributed by atoms with van der Waals surface area (Å²) in [6.07, 6.45) is 3.42. The molecule has 0 saturated carbocycles. The Hall–Kier alpha value is -1.62. The first-order valence-electron chi connectivity index (χ1n) is 8.41. The van der Waals surface area contributed by atoms with Gasteiger partial charge >= 0.3 is 6.09 Å². The van der Waals surface area contributed by atoms with Gasteiger partial charge < -0.3 is 15.4 Å². The minimum atomic E-state index is -0.442. The molecule has 1 amide bonds. The third-order valence-corrected chi connectivity index (χ3v) is 3.29. The quantitative estimate of drug-likeness (QED) is 0.718. The normalized spacial score (nSPS) is 11.6. The molecule has 0 aliphatic heterocycles. The number of pyridine rings is 1. The summed E-state index contributed by atoms with van der Waals surface area (Å²) in [6, 6.07) is 4.13. The first kappa shape index (κ1) is 19.4. The topological polar surface area (TPSA) is 63.2 Å². The molecule has 130 valence electrons. The maximum absolute atomic E-state index is 11.5. The maximum atomic E-state index is 11.5. The zero-order valence-corrected chi connectivity index (χ0v) is 15.1. The number of nitrogens with one attached hydrogen (secondary N) is 2. The minimum absolute atomic E-state index is 0.347. The van der Waals surface area contributed by atoms with Crippen LogP contribution in [0.25, 0.3) is 0 Å². The summed E-state index contributed by atoms with van der Waals surface area (Å²) >= 11 is 0. The lowest BCUT2D eigenvalue weighted by Gasteiger charge is -2.19. The number of hydrogen-bond acceptors (Lipinski definition) is 4. The molecule has 1 rings (SSSR count). The van der Waals surface area contributed by atoms with E-state index in [1.54, 1.807) is 0 Å². The fourth-order valence-electron chi connectivity index (χ4n) is 2.21. The van der Waals surface area contributed by atoms with Gasteiger partial charge in [-0.3, -0.25) is 4.98 Å². The molecule has 1 aromatic rings. The Morgan fingerprint density at radius 1 is 1.26 bits per heavy atom. The highest BCUT2D eigenvalue weighted by Crippen LogP contribution is 2.16. The molecule has 0 aliphatic rings. The van der Waals surface area contributed by atoms with Crippen molar-refractivity contribution < 1.29 is 9.53 Å². The summed E-state index contributed by atoms with van der Waals surface area (Å²) in [4.78, 5) is 15.9. The number of nitrogens with zero attached hydrogens (tertiary/aromatic N) is 1. The second-order valence-corrected chi connectivity index (χ2v) is 7.01. The van der Waals surface area contributed by atoms with E-state index < -0.39 is 5.60 Å². The Balaban J connectivity index is 2.14. The molecule has 0 atom stereocenters. The van der Waals surface area contributed by atoms with E-state index >= 15 is 0 Å². The van der Waals surface area contributed by atoms with Crippen LogP contribution < -0.4 is 10.6 Å². The van der Waals surface area contributed by atoms with E-state index in [2.05, 4.69) is 35.5 Å². The number of hydrogen-bond donors (Lipinski definition) is 2. The van der Waals surface area contributed by atoms with E-state index in [1.807, 2.05) is 33.0 Å². The first-order chi connectivity index (χ1) is 10.8. The first-order valence-corrected chi connectivity index (χ1v) is 8.41. The van der Waals surface area contributed by atoms with Gasteiger partial charge in [-0.2, -0.15) is 0 Å². The van der Waals surface area contributed by atoms with Crippen molar-refractivity contribution in [2.45, 2.75) is 65.5 Å². The number of carbonyl (C=O) groups excluding carboxylic acids is 1. The van der Waals surface area contributed by atoms with Crippen LogP contribution in [0.5, 0.6) is 0 Å². The molecule has 0 unspecified atom stereocenters. The van der Waals surface area contributed by atoms with Crippen LogP contribution in [-0.4, -0.2) is 29.8 Å². The van der Waals surface area contributed by atoms with Crippen molar-refractivity contribution in [3.63, 3.8) is 0 Å². The van der Waals surface area contributed by atoms with Gasteiger partial charge in [0.2, 0.25) is 0 Å². The second kappa shape index (κ2) is 9.50. The van der Waals surface area contributed by atoms with E-state index in [9.17, 15) is 4.79 Å². The smallest absolute Gasteiger partial charge is 0.407 e. The molecule has 0 aromatic carbocycles. The molecular weight excluding hydrogens is 290 g/mol. The van der Waals surface area contributed by atoms with Crippen LogP contribution in [0.1, 0.15) is 64.6 Å². The van der Waals surface area contributed by atoms with Gasteiger partial charge in [0.1, 0.15) is 5.60 Å². The maximum Gasteiger partial charge on any atom is 0.407 e. The Kier molecular flexibility index (Phi) is 8.03. The van der Waals surface area contributed by atoms with Gasteiger partial charge in [0.05, 0.1) is 5.69 Å². The molecular formula is C18H31N3O2. The third kappa shape index (κ3) is 8.55. The van der Waals surface area contributed by atoms with Crippen molar-refractivity contribution >= 4 is 6.09 Å². The Morgan fingerprint density at radius 2 is 1.96 bits per heavy atom. The fraction of sp³-hybridized carbons (Fsp3) is 0.667. The summed E-state index contributed by atoms with van der Waals surface area (Å²) in [5.74, 6) is 0.485. The van der Waals surface area contributed by atoms with Gasteiger partial charge in [-0.15, -0.1) is 0 Å². The molecule has 23 heavy (non-hydrogen) atoms. The zero-order valence-electron chi connectivity index (χ0n) is 15.1. The van der Waals surface area contributed by atoms with E-state index in [0.29, 0.717) is 12.5 Å². The molecule has 1 aromatic heterocycles. The molecule has 0 aliphatic carbocycles. The summed E-state index contributed by atoms with van der Waals surface area (Å²) in [5.41, 5.74) is 1.98. The lowest BCUT2D eigenvalue weighted by atomic mass is 10.0. The fourth-order valence-corrected chi connectivity index (χ4v) is 2.21. The van der Waals surface area contributed by atoms with E-state index in [1.165, 1.54) is 5.56 Å². The largest absolute Gasteiger partial charge is 0.444 e. The van der Waals surface area contributed by atoms with Gasteiger partial charge in [-0.25, -0.2) is 4.79 Å². The van der Waals surface area contributed by atoms with Crippen LogP contribution in [0.2, 0.25) is 0 Å². The molecule has 0 fully saturated rings. The number of ether oxygens (including phenoxy) is 1. The monoisotopic (exact) mass is 321 g/mol. The average Bonchev–Trinajstić information content (AvgIpc) is 2.44. The number of alkyl carbamates (subject to hydrolysis) is 1. The molecule has 0 saturated heterocycles. The van der Waals surface area contributed by atoms with Crippen LogP contribution in [0.15, 0.2) is 18.3 Å². The number of carbonyl (C=O) groups is 1. The minimum Gasteiger partial charge on any atom is -0.444 e. The standard InChI is InChI=1S/C18H31N3O2/c1-14(2)15-9-8-12-20-16(15)13-19-10-6-7-11-21-17(22)23-18(3,4)5/h8-9,12,14,19H,6-7,10-11,13H2,1-5H3,(H,21,22). The van der Waals surface area contributed by atoms with Crippen molar-refractivity contribution in [3.8, 4) is 0 Å². The SMILES string of the molecule is CC(C)c1cccnc1CNCCCCNC(=O)OC(C)(C)C. The Labute approximate surface area is 140 Å². The lowest BCUT2D eigenvalue weighted by Crippen LogP contribution is -2.33. The van der Waals surface area contributed by atoms with E-state index in [0.717, 1.165) is 31.6 Å². The number of rotatable bonds is 8. The van der Waals surface area contributed by atoms with Gasteiger partial charge in [-0.05, 0) is 57.7 Å². The second-order valence-electron chi connectivity index (χ2n) is 7.01. The highest BCUT2D eigenvalue weighted by atomic mass is 16.6. The third-order valence-electron chi connectivity index (χ3n) is 3.29. The van der Waals surface area contributed by atoms with Crippen LogP contribution in [0, 0.1) is 0 Å². The number of amides is 1. The zero-order chi connectivity index (χ0) is 17.3. The van der Waals surface area contributed by atoms with Gasteiger partial charge in [0.25, 0.3) is 0 Å². The van der Waals surface area contributed by atoms with Crippen LogP contribution >= 0.6 is 0 Å². The molecule has 0 bridgehead atoms. The predicted octanol–water partition coefficient (Wildman–Crippen LogP) is 3.60. The summed E-state index contributed by atoms with van der Waals surface area (Å²) in [5, 5.41) is 6.19. The van der Waals surface area contributed by atoms with Crippen LogP contribution in [0.4, 0.5) is 4.79 Å². The van der Waals surface area contributed by atoms with Crippen molar-refractivity contribution in [3.05, 3.63) is 29.6 Å². The number of unbranched alkanes of at least 4 members (excludes halogenated alkanes) is 1. The average molecular weight is 321 g/mol. The highest BCUT2D eigenvalue weighted by Gasteiger charge is 2.15. The van der Waals surface area contributed by atoms with Crippen LogP contribution in [0.3, 0.4) is 0 Å². The van der Waals surface area contributed by atoms with Crippen LogP contribution in [-0.2, 0) is 11.3 Å². The molecule has 0 spiro atoms. The van der Waals surface area contributed by atoms with Gasteiger partial charge in [-0.1, -0.05) is 19.9 Å². The van der Waals surface area contributed by atoms with Crippen molar-refractivity contribution in [2.75, 3.05) is 13.1 Å². The van der Waals surface area contributed by atoms with E-state index in [4.69, 9.17) is 4.74 Å². The molecule has 1 heterocycles. The lowest BCUT2D eigenvalue weighted by molar-refractivity contribution is 0.0527. The van der Waals surface area contributed by atoms with Gasteiger partial charge in [0, 0.05) is 19.3 Å². The van der Waals surface area contributed by atoms with Gasteiger partial charge in [0.15, 0.2) is 0 Å². The molecule has 5 nitrogen and oxygen atoms in total. The van der Waals surface area contributed by atoms with Crippen molar-refractivity contribution in [1.29, 1.82) is 0 Å². The molecule has 5 heteroatoms. The summed E-state index contributed by atoms with van der Waals surface area (Å²) < 4.78 is 5.18.